The molecule has 0 atom stereocenters. The average molecular weight is 301 g/mol. The van der Waals surface area contributed by atoms with Crippen LogP contribution in [0.15, 0.2) is 0 Å². The van der Waals surface area contributed by atoms with Crippen LogP contribution in [0.2, 0.25) is 0 Å². The number of nitrogens with zero attached hydrogens (tertiary/aromatic N) is 2. The summed E-state index contributed by atoms with van der Waals surface area (Å²) in [5, 5.41) is 3.36. The lowest BCUT2D eigenvalue weighted by Crippen LogP contribution is -2.61. The molecule has 0 bridgehead atoms. The fraction of sp³-hybridized carbons (Fsp3) is 0.923. The fourth-order valence-electron chi connectivity index (χ4n) is 3.49. The largest absolute Gasteiger partial charge is 0.323 e. The lowest BCUT2D eigenvalue weighted by molar-refractivity contribution is 0.0343. The quantitative estimate of drug-likeness (QED) is 0.687. The van der Waals surface area contributed by atoms with Crippen LogP contribution >= 0.6 is 0 Å². The zero-order valence-electron chi connectivity index (χ0n) is 11.8. The van der Waals surface area contributed by atoms with Crippen molar-refractivity contribution in [1.29, 1.82) is 0 Å². The third-order valence-corrected chi connectivity index (χ3v) is 6.59. The molecule has 2 saturated heterocycles. The van der Waals surface area contributed by atoms with Gasteiger partial charge in [0.15, 0.2) is 9.84 Å². The monoisotopic (exact) mass is 301 g/mol. The Balaban J connectivity index is 1.72. The summed E-state index contributed by atoms with van der Waals surface area (Å²) in [5.74, 6) is 0.218. The molecule has 0 unspecified atom stereocenters. The van der Waals surface area contributed by atoms with Crippen LogP contribution in [0.3, 0.4) is 0 Å². The zero-order chi connectivity index (χ0) is 14.2. The first-order chi connectivity index (χ1) is 9.53. The van der Waals surface area contributed by atoms with Gasteiger partial charge in [-0.15, -0.1) is 0 Å². The molecule has 0 aromatic carbocycles. The second-order valence-electron chi connectivity index (χ2n) is 6.15. The Labute approximate surface area is 120 Å². The van der Waals surface area contributed by atoms with Gasteiger partial charge in [0.1, 0.15) is 0 Å². The summed E-state index contributed by atoms with van der Waals surface area (Å²) in [5.41, 5.74) is 0.0386. The van der Waals surface area contributed by atoms with Crippen molar-refractivity contribution < 1.29 is 13.2 Å². The number of urea groups is 1. The molecule has 7 heteroatoms. The predicted octanol–water partition coefficient (Wildman–Crippen LogP) is 0.0548. The fourth-order valence-corrected chi connectivity index (χ4v) is 4.69. The van der Waals surface area contributed by atoms with Gasteiger partial charge in [-0.1, -0.05) is 0 Å². The SMILES string of the molecule is O=C(N1CCS(=O)(=O)CC1)N1CCNCCC12CCC2. The Kier molecular flexibility index (Phi) is 3.66. The summed E-state index contributed by atoms with van der Waals surface area (Å²) >= 11 is 0. The molecule has 20 heavy (non-hydrogen) atoms. The normalized spacial score (nSPS) is 28.8. The average Bonchev–Trinajstić information content (AvgIpc) is 2.59. The molecule has 0 aromatic heterocycles. The van der Waals surface area contributed by atoms with E-state index >= 15 is 0 Å². The van der Waals surface area contributed by atoms with Gasteiger partial charge in [0.05, 0.1) is 11.5 Å². The van der Waals surface area contributed by atoms with Crippen molar-refractivity contribution in [2.75, 3.05) is 44.2 Å². The molecule has 3 aliphatic rings. The molecule has 114 valence electrons. The van der Waals surface area contributed by atoms with Crippen LogP contribution in [0, 0.1) is 0 Å². The van der Waals surface area contributed by atoms with E-state index in [-0.39, 0.29) is 23.1 Å². The molecule has 1 saturated carbocycles. The van der Waals surface area contributed by atoms with Gasteiger partial charge in [-0.05, 0) is 32.2 Å². The number of hydrogen-bond acceptors (Lipinski definition) is 4. The molecule has 0 aromatic rings. The molecule has 2 amide bonds. The smallest absolute Gasteiger partial charge is 0.320 e. The predicted molar refractivity (Wildman–Crippen MR) is 76.4 cm³/mol. The third-order valence-electron chi connectivity index (χ3n) is 4.98. The van der Waals surface area contributed by atoms with E-state index in [9.17, 15) is 13.2 Å². The Morgan fingerprint density at radius 1 is 1.00 bits per heavy atom. The molecule has 1 aliphatic carbocycles. The van der Waals surface area contributed by atoms with Crippen molar-refractivity contribution in [1.82, 2.24) is 15.1 Å². The topological polar surface area (TPSA) is 69.7 Å². The van der Waals surface area contributed by atoms with E-state index in [1.807, 2.05) is 4.90 Å². The summed E-state index contributed by atoms with van der Waals surface area (Å²) in [6, 6.07) is 0.0447. The second kappa shape index (κ2) is 5.18. The molecule has 1 N–H and O–H groups in total. The number of carbonyl (C=O) groups excluding carboxylic acids is 1. The minimum Gasteiger partial charge on any atom is -0.323 e. The van der Waals surface area contributed by atoms with E-state index in [0.29, 0.717) is 13.1 Å². The van der Waals surface area contributed by atoms with Crippen LogP contribution in [-0.4, -0.2) is 74.0 Å². The molecule has 6 nitrogen and oxygen atoms in total. The highest BCUT2D eigenvalue weighted by Gasteiger charge is 2.46. The second-order valence-corrected chi connectivity index (χ2v) is 8.45. The number of amides is 2. The van der Waals surface area contributed by atoms with Gasteiger partial charge in [0.25, 0.3) is 0 Å². The van der Waals surface area contributed by atoms with Gasteiger partial charge < -0.3 is 15.1 Å². The van der Waals surface area contributed by atoms with Gasteiger partial charge >= 0.3 is 6.03 Å². The summed E-state index contributed by atoms with van der Waals surface area (Å²) in [4.78, 5) is 16.5. The molecular formula is C13H23N3O3S. The molecule has 0 radical (unpaired) electrons. The van der Waals surface area contributed by atoms with Gasteiger partial charge in [0, 0.05) is 31.7 Å². The lowest BCUT2D eigenvalue weighted by Gasteiger charge is -2.51. The van der Waals surface area contributed by atoms with Crippen LogP contribution in [-0.2, 0) is 9.84 Å². The van der Waals surface area contributed by atoms with Crippen molar-refractivity contribution in [3.63, 3.8) is 0 Å². The summed E-state index contributed by atoms with van der Waals surface area (Å²) < 4.78 is 23.0. The molecule has 2 heterocycles. The van der Waals surface area contributed by atoms with Crippen molar-refractivity contribution >= 4 is 15.9 Å². The van der Waals surface area contributed by atoms with E-state index < -0.39 is 9.84 Å². The van der Waals surface area contributed by atoms with Gasteiger partial charge in [0.2, 0.25) is 0 Å². The van der Waals surface area contributed by atoms with Crippen LogP contribution in [0.25, 0.3) is 0 Å². The van der Waals surface area contributed by atoms with E-state index in [4.69, 9.17) is 0 Å². The Morgan fingerprint density at radius 2 is 1.70 bits per heavy atom. The first-order valence-corrected chi connectivity index (χ1v) is 9.32. The van der Waals surface area contributed by atoms with Gasteiger partial charge in [-0.3, -0.25) is 0 Å². The Morgan fingerprint density at radius 3 is 2.30 bits per heavy atom. The van der Waals surface area contributed by atoms with Gasteiger partial charge in [-0.25, -0.2) is 13.2 Å². The number of rotatable bonds is 0. The van der Waals surface area contributed by atoms with Crippen LogP contribution < -0.4 is 5.32 Å². The maximum atomic E-state index is 12.8. The summed E-state index contributed by atoms with van der Waals surface area (Å²) in [7, 11) is -2.93. The third kappa shape index (κ3) is 2.53. The van der Waals surface area contributed by atoms with E-state index in [2.05, 4.69) is 5.32 Å². The van der Waals surface area contributed by atoms with Crippen LogP contribution in [0.5, 0.6) is 0 Å². The molecule has 3 fully saturated rings. The molecule has 3 rings (SSSR count). The summed E-state index contributed by atoms with van der Waals surface area (Å²) in [6.07, 6.45) is 4.39. The summed E-state index contributed by atoms with van der Waals surface area (Å²) in [6.45, 7) is 3.24. The molecule has 2 aliphatic heterocycles. The first kappa shape index (κ1) is 14.1. The highest BCUT2D eigenvalue weighted by Crippen LogP contribution is 2.41. The minimum atomic E-state index is -2.93. The maximum absolute atomic E-state index is 12.8. The molecular weight excluding hydrogens is 278 g/mol. The highest BCUT2D eigenvalue weighted by molar-refractivity contribution is 7.91. The Hall–Kier alpha value is -0.820. The van der Waals surface area contributed by atoms with Crippen molar-refractivity contribution in [2.45, 2.75) is 31.2 Å². The maximum Gasteiger partial charge on any atom is 0.320 e. The van der Waals surface area contributed by atoms with Crippen molar-refractivity contribution in [3.8, 4) is 0 Å². The highest BCUT2D eigenvalue weighted by atomic mass is 32.2. The van der Waals surface area contributed by atoms with E-state index in [1.165, 1.54) is 6.42 Å². The lowest BCUT2D eigenvalue weighted by atomic mass is 9.73. The number of sulfone groups is 1. The number of carbonyl (C=O) groups is 1. The van der Waals surface area contributed by atoms with E-state index in [1.54, 1.807) is 4.90 Å². The Bertz CT molecular complexity index is 473. The number of hydrogen-bond donors (Lipinski definition) is 1. The van der Waals surface area contributed by atoms with Crippen molar-refractivity contribution in [2.24, 2.45) is 0 Å². The van der Waals surface area contributed by atoms with Gasteiger partial charge in [-0.2, -0.15) is 0 Å². The van der Waals surface area contributed by atoms with Crippen LogP contribution in [0.4, 0.5) is 4.79 Å². The van der Waals surface area contributed by atoms with Crippen LogP contribution in [0.1, 0.15) is 25.7 Å². The zero-order valence-corrected chi connectivity index (χ0v) is 12.6. The molecule has 1 spiro atoms. The minimum absolute atomic E-state index is 0.0386. The first-order valence-electron chi connectivity index (χ1n) is 7.50. The number of nitrogens with one attached hydrogen (secondary N) is 1. The standard InChI is InChI=1S/C13H23N3O3S/c17-12(15-8-10-20(18,19)11-9-15)16-7-6-14-5-4-13(16)2-1-3-13/h14H,1-11H2. The van der Waals surface area contributed by atoms with Crippen molar-refractivity contribution in [3.05, 3.63) is 0 Å². The van der Waals surface area contributed by atoms with E-state index in [0.717, 1.165) is 38.9 Å².